The van der Waals surface area contributed by atoms with Crippen molar-refractivity contribution in [2.45, 2.75) is 6.42 Å². The first-order valence-corrected chi connectivity index (χ1v) is 4.29. The zero-order valence-corrected chi connectivity index (χ0v) is 7.77. The average Bonchev–Trinajstić information content (AvgIpc) is 2.19. The van der Waals surface area contributed by atoms with Crippen LogP contribution in [0.15, 0.2) is 42.7 Å². The predicted octanol–water partition coefficient (Wildman–Crippen LogP) is 2.62. The predicted molar refractivity (Wildman–Crippen MR) is 52.7 cm³/mol. The Kier molecular flexibility index (Phi) is 4.72. The molecule has 0 bridgehead atoms. The van der Waals surface area contributed by atoms with Gasteiger partial charge in [-0.15, -0.1) is 0 Å². The van der Waals surface area contributed by atoms with Gasteiger partial charge in [-0.25, -0.2) is 0 Å². The van der Waals surface area contributed by atoms with Crippen molar-refractivity contribution in [2.24, 2.45) is 0 Å². The molecule has 13 heavy (non-hydrogen) atoms. The van der Waals surface area contributed by atoms with E-state index in [1.807, 2.05) is 36.4 Å². The van der Waals surface area contributed by atoms with Crippen LogP contribution < -0.4 is 4.74 Å². The minimum Gasteiger partial charge on any atom is -0.465 e. The Morgan fingerprint density at radius 2 is 2.00 bits per heavy atom. The van der Waals surface area contributed by atoms with Gasteiger partial charge in [-0.2, -0.15) is 0 Å². The molecule has 0 fully saturated rings. The standard InChI is InChI=1S/C11H14O2/c1-12-9-5-6-10-13-11-7-3-2-4-8-11/h2-4,6-8,10H,5,9H2,1H3. The van der Waals surface area contributed by atoms with Crippen LogP contribution in [0.5, 0.6) is 5.75 Å². The van der Waals surface area contributed by atoms with Gasteiger partial charge in [-0.1, -0.05) is 18.2 Å². The molecule has 2 nitrogen and oxygen atoms in total. The largest absolute Gasteiger partial charge is 0.465 e. The van der Waals surface area contributed by atoms with Crippen LogP contribution in [0, 0.1) is 0 Å². The number of para-hydroxylation sites is 1. The van der Waals surface area contributed by atoms with Crippen LogP contribution in [0.3, 0.4) is 0 Å². The van der Waals surface area contributed by atoms with E-state index in [0.29, 0.717) is 0 Å². The van der Waals surface area contributed by atoms with E-state index in [4.69, 9.17) is 9.47 Å². The summed E-state index contributed by atoms with van der Waals surface area (Å²) >= 11 is 0. The van der Waals surface area contributed by atoms with E-state index < -0.39 is 0 Å². The van der Waals surface area contributed by atoms with Gasteiger partial charge in [-0.3, -0.25) is 0 Å². The first-order valence-electron chi connectivity index (χ1n) is 4.29. The van der Waals surface area contributed by atoms with E-state index in [1.165, 1.54) is 0 Å². The monoisotopic (exact) mass is 178 g/mol. The Balaban J connectivity index is 2.23. The second kappa shape index (κ2) is 6.26. The lowest BCUT2D eigenvalue weighted by molar-refractivity contribution is 0.204. The van der Waals surface area contributed by atoms with Gasteiger partial charge >= 0.3 is 0 Å². The van der Waals surface area contributed by atoms with Crippen molar-refractivity contribution in [1.82, 2.24) is 0 Å². The zero-order valence-electron chi connectivity index (χ0n) is 7.77. The fourth-order valence-corrected chi connectivity index (χ4v) is 0.880. The highest BCUT2D eigenvalue weighted by molar-refractivity contribution is 5.21. The maximum atomic E-state index is 5.32. The van der Waals surface area contributed by atoms with Crippen LogP contribution in [0.4, 0.5) is 0 Å². The van der Waals surface area contributed by atoms with Crippen molar-refractivity contribution >= 4 is 0 Å². The smallest absolute Gasteiger partial charge is 0.126 e. The van der Waals surface area contributed by atoms with Gasteiger partial charge in [0.2, 0.25) is 0 Å². The molecule has 0 aliphatic carbocycles. The van der Waals surface area contributed by atoms with Crippen molar-refractivity contribution in [3.8, 4) is 5.75 Å². The number of methoxy groups -OCH3 is 1. The van der Waals surface area contributed by atoms with Gasteiger partial charge in [0.05, 0.1) is 6.26 Å². The SMILES string of the molecule is COCCC=COc1ccccc1. The molecule has 0 aliphatic heterocycles. The number of hydrogen-bond donors (Lipinski definition) is 0. The summed E-state index contributed by atoms with van der Waals surface area (Å²) in [5, 5.41) is 0. The number of hydrogen-bond acceptors (Lipinski definition) is 2. The molecule has 0 radical (unpaired) electrons. The molecule has 1 rings (SSSR count). The van der Waals surface area contributed by atoms with E-state index in [-0.39, 0.29) is 0 Å². The average molecular weight is 178 g/mol. The summed E-state index contributed by atoms with van der Waals surface area (Å²) in [6.45, 7) is 0.731. The van der Waals surface area contributed by atoms with Crippen molar-refractivity contribution < 1.29 is 9.47 Å². The Hall–Kier alpha value is -1.28. The molecule has 0 aromatic heterocycles. The van der Waals surface area contributed by atoms with Crippen LogP contribution in [-0.4, -0.2) is 13.7 Å². The van der Waals surface area contributed by atoms with Gasteiger partial charge in [0, 0.05) is 13.7 Å². The van der Waals surface area contributed by atoms with Crippen molar-refractivity contribution in [1.29, 1.82) is 0 Å². The Morgan fingerprint density at radius 1 is 1.23 bits per heavy atom. The lowest BCUT2D eigenvalue weighted by Gasteiger charge is -1.97. The van der Waals surface area contributed by atoms with Crippen LogP contribution in [-0.2, 0) is 4.74 Å². The maximum absolute atomic E-state index is 5.32. The van der Waals surface area contributed by atoms with E-state index in [1.54, 1.807) is 13.4 Å². The van der Waals surface area contributed by atoms with Gasteiger partial charge in [-0.05, 0) is 24.6 Å². The molecule has 1 aromatic rings. The molecule has 0 unspecified atom stereocenters. The zero-order chi connectivity index (χ0) is 9.36. The second-order valence-corrected chi connectivity index (χ2v) is 2.58. The highest BCUT2D eigenvalue weighted by Crippen LogP contribution is 2.08. The van der Waals surface area contributed by atoms with E-state index in [0.717, 1.165) is 18.8 Å². The number of rotatable bonds is 5. The van der Waals surface area contributed by atoms with E-state index >= 15 is 0 Å². The molecule has 2 heteroatoms. The Labute approximate surface area is 78.8 Å². The summed E-state index contributed by atoms with van der Waals surface area (Å²) in [7, 11) is 1.69. The topological polar surface area (TPSA) is 18.5 Å². The lowest BCUT2D eigenvalue weighted by Crippen LogP contribution is -1.85. The normalized spacial score (nSPS) is 10.5. The summed E-state index contributed by atoms with van der Waals surface area (Å²) in [5.41, 5.74) is 0. The summed E-state index contributed by atoms with van der Waals surface area (Å²) < 4.78 is 10.2. The third kappa shape index (κ3) is 4.33. The third-order valence-electron chi connectivity index (χ3n) is 1.53. The fraction of sp³-hybridized carbons (Fsp3) is 0.273. The molecule has 0 amide bonds. The van der Waals surface area contributed by atoms with Crippen molar-refractivity contribution in [3.05, 3.63) is 42.7 Å². The van der Waals surface area contributed by atoms with E-state index in [2.05, 4.69) is 0 Å². The van der Waals surface area contributed by atoms with Gasteiger partial charge in [0.25, 0.3) is 0 Å². The minimum absolute atomic E-state index is 0.731. The van der Waals surface area contributed by atoms with Crippen LogP contribution in [0.1, 0.15) is 6.42 Å². The van der Waals surface area contributed by atoms with Gasteiger partial charge < -0.3 is 9.47 Å². The van der Waals surface area contributed by atoms with Gasteiger partial charge in [0.1, 0.15) is 5.75 Å². The summed E-state index contributed by atoms with van der Waals surface area (Å²) in [6, 6.07) is 9.68. The Bertz CT molecular complexity index is 242. The molecule has 0 heterocycles. The third-order valence-corrected chi connectivity index (χ3v) is 1.53. The molecule has 0 saturated heterocycles. The molecule has 0 atom stereocenters. The van der Waals surface area contributed by atoms with Gasteiger partial charge in [0.15, 0.2) is 0 Å². The molecule has 0 aliphatic rings. The molecule has 0 spiro atoms. The number of benzene rings is 1. The first kappa shape index (κ1) is 9.81. The molecular weight excluding hydrogens is 164 g/mol. The summed E-state index contributed by atoms with van der Waals surface area (Å²) in [6.07, 6.45) is 4.51. The highest BCUT2D eigenvalue weighted by atomic mass is 16.5. The molecule has 70 valence electrons. The lowest BCUT2D eigenvalue weighted by atomic mass is 10.3. The van der Waals surface area contributed by atoms with E-state index in [9.17, 15) is 0 Å². The second-order valence-electron chi connectivity index (χ2n) is 2.58. The van der Waals surface area contributed by atoms with Crippen LogP contribution >= 0.6 is 0 Å². The highest BCUT2D eigenvalue weighted by Gasteiger charge is 1.85. The van der Waals surface area contributed by atoms with Crippen LogP contribution in [0.2, 0.25) is 0 Å². The summed E-state index contributed by atoms with van der Waals surface area (Å²) in [5.74, 6) is 0.858. The molecule has 0 N–H and O–H groups in total. The van der Waals surface area contributed by atoms with Crippen molar-refractivity contribution in [3.63, 3.8) is 0 Å². The number of ether oxygens (including phenoxy) is 2. The quantitative estimate of drug-likeness (QED) is 0.509. The molecular formula is C11H14O2. The Morgan fingerprint density at radius 3 is 2.69 bits per heavy atom. The molecule has 0 saturated carbocycles. The minimum atomic E-state index is 0.731. The summed E-state index contributed by atoms with van der Waals surface area (Å²) in [4.78, 5) is 0. The first-order chi connectivity index (χ1) is 6.43. The fourth-order valence-electron chi connectivity index (χ4n) is 0.880. The van der Waals surface area contributed by atoms with Crippen LogP contribution in [0.25, 0.3) is 0 Å². The maximum Gasteiger partial charge on any atom is 0.126 e. The van der Waals surface area contributed by atoms with Crippen molar-refractivity contribution in [2.75, 3.05) is 13.7 Å². The molecule has 1 aromatic carbocycles.